The van der Waals surface area contributed by atoms with E-state index in [1.165, 1.54) is 0 Å². The molecule has 0 radical (unpaired) electrons. The highest BCUT2D eigenvalue weighted by molar-refractivity contribution is 5.93. The van der Waals surface area contributed by atoms with Gasteiger partial charge in [-0.05, 0) is 88.0 Å². The molecule has 2 aromatic heterocycles. The lowest BCUT2D eigenvalue weighted by atomic mass is 9.52. The van der Waals surface area contributed by atoms with E-state index < -0.39 is 5.60 Å². The molecule has 4 aliphatic carbocycles. The summed E-state index contributed by atoms with van der Waals surface area (Å²) in [6.45, 7) is 6.84. The van der Waals surface area contributed by atoms with Crippen LogP contribution in [0.25, 0.3) is 0 Å². The van der Waals surface area contributed by atoms with Gasteiger partial charge in [-0.15, -0.1) is 0 Å². The number of nitrogens with one attached hydrogen (secondary N) is 1. The van der Waals surface area contributed by atoms with Gasteiger partial charge in [0.25, 0.3) is 5.91 Å². The number of aliphatic hydroxyl groups is 1. The van der Waals surface area contributed by atoms with Crippen molar-refractivity contribution in [1.82, 2.24) is 15.3 Å². The molecule has 180 valence electrons. The zero-order chi connectivity index (χ0) is 23.4. The Morgan fingerprint density at radius 1 is 1.12 bits per heavy atom. The fourth-order valence-corrected chi connectivity index (χ4v) is 7.33. The van der Waals surface area contributed by atoms with Gasteiger partial charge < -0.3 is 20.2 Å². The quantitative estimate of drug-likeness (QED) is 0.728. The minimum atomic E-state index is -0.483. The van der Waals surface area contributed by atoms with Crippen LogP contribution in [-0.4, -0.2) is 58.3 Å². The largest absolute Gasteiger partial charge is 0.390 e. The summed E-state index contributed by atoms with van der Waals surface area (Å²) >= 11 is 0. The van der Waals surface area contributed by atoms with E-state index in [1.807, 2.05) is 31.3 Å². The van der Waals surface area contributed by atoms with E-state index in [1.54, 1.807) is 0 Å². The van der Waals surface area contributed by atoms with Crippen molar-refractivity contribution in [2.75, 3.05) is 29.4 Å². The second-order valence-corrected chi connectivity index (χ2v) is 11.2. The van der Waals surface area contributed by atoms with Gasteiger partial charge >= 0.3 is 0 Å². The minimum absolute atomic E-state index is 0.0802. The molecule has 1 aliphatic heterocycles. The lowest BCUT2D eigenvalue weighted by Gasteiger charge is -2.58. The topological polar surface area (TPSA) is 81.6 Å². The van der Waals surface area contributed by atoms with Crippen LogP contribution in [0, 0.1) is 24.7 Å². The molecule has 2 unspecified atom stereocenters. The summed E-state index contributed by atoms with van der Waals surface area (Å²) in [5.41, 5.74) is 2.18. The highest BCUT2D eigenvalue weighted by atomic mass is 16.3. The number of aryl methyl sites for hydroxylation is 1. The molecule has 1 amide bonds. The van der Waals surface area contributed by atoms with Gasteiger partial charge in [0.15, 0.2) is 0 Å². The van der Waals surface area contributed by atoms with E-state index >= 15 is 0 Å². The number of pyridine rings is 2. The highest BCUT2D eigenvalue weighted by Crippen LogP contribution is 2.55. The molecule has 2 aromatic rings. The van der Waals surface area contributed by atoms with Crippen molar-refractivity contribution >= 4 is 17.4 Å². The number of piperazine rings is 1. The summed E-state index contributed by atoms with van der Waals surface area (Å²) in [5, 5.41) is 14.2. The number of carbonyl (C=O) groups is 1. The molecule has 1 saturated heterocycles. The van der Waals surface area contributed by atoms with E-state index in [2.05, 4.69) is 39.2 Å². The summed E-state index contributed by atoms with van der Waals surface area (Å²) in [7, 11) is 0. The second-order valence-electron chi connectivity index (χ2n) is 11.2. The van der Waals surface area contributed by atoms with Crippen molar-refractivity contribution in [3.05, 3.63) is 47.9 Å². The fraction of sp³-hybridized carbons (Fsp3) is 0.593. The molecule has 4 saturated carbocycles. The molecule has 7 nitrogen and oxygen atoms in total. The molecule has 3 heterocycles. The van der Waals surface area contributed by atoms with Crippen LogP contribution in [0.3, 0.4) is 0 Å². The normalized spacial score (nSPS) is 34.4. The van der Waals surface area contributed by atoms with Gasteiger partial charge in [0.2, 0.25) is 0 Å². The standard InChI is InChI=1S/C27H35N5O2/c1-17-6-7-22(15-28-17)31-8-9-32(18(2)16-31)24-5-3-4-23(29-24)26(33)30-25-20-10-19-11-21(25)14-27(34,12-19)13-20/h3-7,15,18-21,25,34H,8-14,16H2,1-2H3,(H,30,33)/t18-,19?,20?,21?,25-,27-/m1/s1. The van der Waals surface area contributed by atoms with Crippen LogP contribution in [0.4, 0.5) is 11.5 Å². The first-order valence-electron chi connectivity index (χ1n) is 12.8. The molecular formula is C27H35N5O2. The molecule has 4 bridgehead atoms. The van der Waals surface area contributed by atoms with E-state index in [0.717, 1.165) is 68.9 Å². The van der Waals surface area contributed by atoms with Crippen molar-refractivity contribution in [2.45, 2.75) is 63.6 Å². The van der Waals surface area contributed by atoms with E-state index in [9.17, 15) is 9.90 Å². The average molecular weight is 462 g/mol. The molecule has 7 heteroatoms. The predicted molar refractivity (Wildman–Crippen MR) is 132 cm³/mol. The Balaban J connectivity index is 1.13. The Labute approximate surface area is 201 Å². The Hall–Kier alpha value is -2.67. The van der Waals surface area contributed by atoms with Gasteiger partial charge in [-0.3, -0.25) is 9.78 Å². The fourth-order valence-electron chi connectivity index (χ4n) is 7.33. The van der Waals surface area contributed by atoms with Gasteiger partial charge in [0.1, 0.15) is 11.5 Å². The molecule has 34 heavy (non-hydrogen) atoms. The maximum atomic E-state index is 13.2. The van der Waals surface area contributed by atoms with Crippen molar-refractivity contribution in [1.29, 1.82) is 0 Å². The average Bonchev–Trinajstić information content (AvgIpc) is 2.81. The molecule has 5 aliphatic rings. The number of aromatic nitrogens is 2. The van der Waals surface area contributed by atoms with Crippen molar-refractivity contribution in [3.8, 4) is 0 Å². The molecule has 5 fully saturated rings. The van der Waals surface area contributed by atoms with Crippen LogP contribution >= 0.6 is 0 Å². The van der Waals surface area contributed by atoms with Crippen molar-refractivity contribution < 1.29 is 9.90 Å². The third-order valence-electron chi connectivity index (χ3n) is 8.69. The van der Waals surface area contributed by atoms with Crippen molar-refractivity contribution in [2.24, 2.45) is 17.8 Å². The third kappa shape index (κ3) is 3.94. The van der Waals surface area contributed by atoms with Crippen LogP contribution in [-0.2, 0) is 0 Å². The van der Waals surface area contributed by atoms with Gasteiger partial charge in [0.05, 0.1) is 17.5 Å². The third-order valence-corrected chi connectivity index (χ3v) is 8.69. The SMILES string of the molecule is Cc1ccc(N2CCN(c3cccc(C(=O)N[C@H]4C5CC6CC4C[C@](O)(C6)C5)n3)[C@H](C)C2)cn1. The number of carbonyl (C=O) groups excluding carboxylic acids is 1. The first-order chi connectivity index (χ1) is 16.4. The molecule has 0 aromatic carbocycles. The smallest absolute Gasteiger partial charge is 0.270 e. The number of rotatable bonds is 4. The lowest BCUT2D eigenvalue weighted by Crippen LogP contribution is -2.61. The highest BCUT2D eigenvalue weighted by Gasteiger charge is 2.55. The maximum absolute atomic E-state index is 13.2. The lowest BCUT2D eigenvalue weighted by molar-refractivity contribution is -0.136. The van der Waals surface area contributed by atoms with E-state index in [0.29, 0.717) is 23.4 Å². The van der Waals surface area contributed by atoms with Crippen molar-refractivity contribution in [3.63, 3.8) is 0 Å². The minimum Gasteiger partial charge on any atom is -0.390 e. The maximum Gasteiger partial charge on any atom is 0.270 e. The molecule has 2 N–H and O–H groups in total. The Kier molecular flexibility index (Phi) is 5.28. The van der Waals surface area contributed by atoms with Crippen LogP contribution in [0.1, 0.15) is 55.2 Å². The second kappa shape index (κ2) is 8.22. The van der Waals surface area contributed by atoms with Gasteiger partial charge in [-0.25, -0.2) is 4.98 Å². The number of anilines is 2. The van der Waals surface area contributed by atoms with Gasteiger partial charge in [-0.2, -0.15) is 0 Å². The Morgan fingerprint density at radius 2 is 1.91 bits per heavy atom. The Morgan fingerprint density at radius 3 is 2.59 bits per heavy atom. The summed E-state index contributed by atoms with van der Waals surface area (Å²) in [6.07, 6.45) is 6.83. The first kappa shape index (κ1) is 21.8. The zero-order valence-corrected chi connectivity index (χ0v) is 20.2. The summed E-state index contributed by atoms with van der Waals surface area (Å²) < 4.78 is 0. The first-order valence-corrected chi connectivity index (χ1v) is 12.8. The van der Waals surface area contributed by atoms with Gasteiger partial charge in [-0.1, -0.05) is 6.07 Å². The van der Waals surface area contributed by atoms with E-state index in [4.69, 9.17) is 4.98 Å². The van der Waals surface area contributed by atoms with Crippen LogP contribution in [0.5, 0.6) is 0 Å². The predicted octanol–water partition coefficient (Wildman–Crippen LogP) is 3.17. The number of amides is 1. The molecule has 3 atom stereocenters. The molecule has 0 spiro atoms. The number of nitrogens with zero attached hydrogens (tertiary/aromatic N) is 4. The van der Waals surface area contributed by atoms with Crippen LogP contribution in [0.15, 0.2) is 36.5 Å². The monoisotopic (exact) mass is 461 g/mol. The number of hydrogen-bond donors (Lipinski definition) is 2. The summed E-state index contributed by atoms with van der Waals surface area (Å²) in [5.74, 6) is 2.21. The molecular weight excluding hydrogens is 426 g/mol. The van der Waals surface area contributed by atoms with E-state index in [-0.39, 0.29) is 18.0 Å². The van der Waals surface area contributed by atoms with Gasteiger partial charge in [0, 0.05) is 37.4 Å². The summed E-state index contributed by atoms with van der Waals surface area (Å²) in [6, 6.07) is 10.4. The Bertz CT molecular complexity index is 1060. The zero-order valence-electron chi connectivity index (χ0n) is 20.2. The van der Waals surface area contributed by atoms with Crippen LogP contribution in [0.2, 0.25) is 0 Å². The number of hydrogen-bond acceptors (Lipinski definition) is 6. The molecule has 7 rings (SSSR count). The van der Waals surface area contributed by atoms with Crippen LogP contribution < -0.4 is 15.1 Å². The summed E-state index contributed by atoms with van der Waals surface area (Å²) in [4.78, 5) is 27.1.